The molecule has 0 bridgehead atoms. The minimum Gasteiger partial charge on any atom is -0.383 e. The minimum atomic E-state index is -0.0812. The van der Waals surface area contributed by atoms with Crippen LogP contribution in [0, 0.1) is 6.92 Å². The van der Waals surface area contributed by atoms with Gasteiger partial charge in [-0.25, -0.2) is 4.98 Å². The number of rotatable bonds is 5. The molecule has 0 aliphatic heterocycles. The molecule has 1 N–H and O–H groups in total. The first-order chi connectivity index (χ1) is 9.11. The summed E-state index contributed by atoms with van der Waals surface area (Å²) in [6, 6.07) is 3.99. The quantitative estimate of drug-likeness (QED) is 0.923. The average Bonchev–Trinajstić information content (AvgIpc) is 2.97. The predicted octanol–water partition coefficient (Wildman–Crippen LogP) is 2.94. The number of carbonyl (C=O) groups excluding carboxylic acids is 1. The molecule has 0 radical (unpaired) electrons. The number of thiophene rings is 1. The molecule has 0 saturated carbocycles. The lowest BCUT2D eigenvalue weighted by molar-refractivity contribution is 0.0909. The minimum absolute atomic E-state index is 0.0100. The van der Waals surface area contributed by atoms with Crippen molar-refractivity contribution in [3.05, 3.63) is 28.1 Å². The summed E-state index contributed by atoms with van der Waals surface area (Å²) in [4.78, 5) is 18.4. The molecule has 19 heavy (non-hydrogen) atoms. The van der Waals surface area contributed by atoms with Crippen molar-refractivity contribution in [1.82, 2.24) is 10.3 Å². The number of amides is 1. The van der Waals surface area contributed by atoms with Gasteiger partial charge in [-0.15, -0.1) is 22.7 Å². The Hall–Kier alpha value is -1.24. The first-order valence-corrected chi connectivity index (χ1v) is 7.62. The molecule has 4 nitrogen and oxygen atoms in total. The molecule has 0 aliphatic carbocycles. The van der Waals surface area contributed by atoms with Gasteiger partial charge in [0.25, 0.3) is 5.91 Å². The summed E-state index contributed by atoms with van der Waals surface area (Å²) in [6.45, 7) is 4.28. The predicted molar refractivity (Wildman–Crippen MR) is 79.0 cm³/mol. The molecule has 0 aliphatic rings. The highest BCUT2D eigenvalue weighted by Crippen LogP contribution is 2.30. The van der Waals surface area contributed by atoms with Crippen LogP contribution in [0.3, 0.4) is 0 Å². The molecule has 2 aromatic heterocycles. The van der Waals surface area contributed by atoms with Gasteiger partial charge in [-0.3, -0.25) is 4.79 Å². The van der Waals surface area contributed by atoms with E-state index in [0.717, 1.165) is 15.6 Å². The van der Waals surface area contributed by atoms with E-state index in [-0.39, 0.29) is 11.9 Å². The fourth-order valence-corrected chi connectivity index (χ4v) is 3.46. The Kier molecular flexibility index (Phi) is 4.68. The molecule has 0 spiro atoms. The second kappa shape index (κ2) is 6.27. The summed E-state index contributed by atoms with van der Waals surface area (Å²) < 4.78 is 5.01. The Morgan fingerprint density at radius 2 is 2.37 bits per heavy atom. The number of aromatic nitrogens is 1. The molecule has 0 fully saturated rings. The molecule has 6 heteroatoms. The van der Waals surface area contributed by atoms with Gasteiger partial charge >= 0.3 is 0 Å². The van der Waals surface area contributed by atoms with Crippen LogP contribution in [-0.2, 0) is 4.74 Å². The van der Waals surface area contributed by atoms with Gasteiger partial charge < -0.3 is 10.1 Å². The molecule has 2 rings (SSSR count). The largest absolute Gasteiger partial charge is 0.383 e. The molecular weight excluding hydrogens is 280 g/mol. The Morgan fingerprint density at radius 3 is 3.00 bits per heavy atom. The fraction of sp³-hybridized carbons (Fsp3) is 0.385. The zero-order chi connectivity index (χ0) is 13.8. The summed E-state index contributed by atoms with van der Waals surface area (Å²) >= 11 is 3.06. The van der Waals surface area contributed by atoms with Crippen molar-refractivity contribution in [2.45, 2.75) is 19.9 Å². The molecule has 1 atom stereocenters. The molecule has 2 aromatic rings. The highest BCUT2D eigenvalue weighted by atomic mass is 32.1. The maximum absolute atomic E-state index is 12.1. The monoisotopic (exact) mass is 296 g/mol. The van der Waals surface area contributed by atoms with Crippen LogP contribution >= 0.6 is 22.7 Å². The number of methoxy groups -OCH3 is 1. The number of hydrogen-bond acceptors (Lipinski definition) is 5. The van der Waals surface area contributed by atoms with Crippen LogP contribution < -0.4 is 5.32 Å². The summed E-state index contributed by atoms with van der Waals surface area (Å²) in [6.07, 6.45) is 0. The van der Waals surface area contributed by atoms with E-state index in [1.165, 1.54) is 11.3 Å². The van der Waals surface area contributed by atoms with E-state index in [9.17, 15) is 4.79 Å². The van der Waals surface area contributed by atoms with Crippen LogP contribution in [0.15, 0.2) is 17.5 Å². The molecule has 0 saturated heterocycles. The summed E-state index contributed by atoms with van der Waals surface area (Å²) in [7, 11) is 1.62. The average molecular weight is 296 g/mol. The van der Waals surface area contributed by atoms with E-state index in [1.807, 2.05) is 31.4 Å². The van der Waals surface area contributed by atoms with Gasteiger partial charge in [-0.2, -0.15) is 0 Å². The highest BCUT2D eigenvalue weighted by molar-refractivity contribution is 7.22. The number of nitrogens with zero attached hydrogens (tertiary/aromatic N) is 1. The Balaban J connectivity index is 2.14. The standard InChI is InChI=1S/C13H16N2O2S2/c1-8(7-17-3)14-12(16)11-9(2)15-13(19-11)10-5-4-6-18-10/h4-6,8H,7H2,1-3H3,(H,14,16). The number of ether oxygens (including phenoxy) is 1. The van der Waals surface area contributed by atoms with E-state index in [2.05, 4.69) is 10.3 Å². The third-order valence-corrected chi connectivity index (χ3v) is 4.72. The first kappa shape index (κ1) is 14.2. The van der Waals surface area contributed by atoms with E-state index >= 15 is 0 Å². The Morgan fingerprint density at radius 1 is 1.58 bits per heavy atom. The molecular formula is C13H16N2O2S2. The number of hydrogen-bond donors (Lipinski definition) is 1. The van der Waals surface area contributed by atoms with E-state index in [4.69, 9.17) is 4.74 Å². The van der Waals surface area contributed by atoms with Crippen molar-refractivity contribution in [3.8, 4) is 9.88 Å². The molecule has 2 heterocycles. The van der Waals surface area contributed by atoms with Gasteiger partial charge in [-0.05, 0) is 25.3 Å². The van der Waals surface area contributed by atoms with Crippen molar-refractivity contribution < 1.29 is 9.53 Å². The number of thiazole rings is 1. The van der Waals surface area contributed by atoms with Crippen LogP contribution in [0.25, 0.3) is 9.88 Å². The van der Waals surface area contributed by atoms with Crippen molar-refractivity contribution >= 4 is 28.6 Å². The van der Waals surface area contributed by atoms with Crippen LogP contribution in [0.1, 0.15) is 22.3 Å². The third kappa shape index (κ3) is 3.40. The first-order valence-electron chi connectivity index (χ1n) is 5.93. The Labute approximate surface area is 120 Å². The topological polar surface area (TPSA) is 51.2 Å². The number of carbonyl (C=O) groups is 1. The zero-order valence-electron chi connectivity index (χ0n) is 11.1. The zero-order valence-corrected chi connectivity index (χ0v) is 12.7. The van der Waals surface area contributed by atoms with Crippen molar-refractivity contribution in [2.75, 3.05) is 13.7 Å². The summed E-state index contributed by atoms with van der Waals surface area (Å²) in [5.41, 5.74) is 0.774. The van der Waals surface area contributed by atoms with Gasteiger partial charge in [0.15, 0.2) is 0 Å². The highest BCUT2D eigenvalue weighted by Gasteiger charge is 2.18. The van der Waals surface area contributed by atoms with Gasteiger partial charge in [0, 0.05) is 13.2 Å². The smallest absolute Gasteiger partial charge is 0.263 e. The van der Waals surface area contributed by atoms with Crippen molar-refractivity contribution in [3.63, 3.8) is 0 Å². The van der Waals surface area contributed by atoms with Crippen molar-refractivity contribution in [2.24, 2.45) is 0 Å². The molecule has 1 amide bonds. The SMILES string of the molecule is COCC(C)NC(=O)c1sc(-c2cccs2)nc1C. The van der Waals surface area contributed by atoms with E-state index < -0.39 is 0 Å². The molecule has 102 valence electrons. The fourth-order valence-electron chi connectivity index (χ4n) is 1.69. The lowest BCUT2D eigenvalue weighted by Gasteiger charge is -2.11. The van der Waals surface area contributed by atoms with E-state index in [1.54, 1.807) is 18.4 Å². The molecule has 0 aromatic carbocycles. The number of nitrogens with one attached hydrogen (secondary N) is 1. The summed E-state index contributed by atoms with van der Waals surface area (Å²) in [5.74, 6) is -0.0812. The normalized spacial score (nSPS) is 12.4. The van der Waals surface area contributed by atoms with Crippen LogP contribution in [0.2, 0.25) is 0 Å². The lowest BCUT2D eigenvalue weighted by atomic mass is 10.3. The summed E-state index contributed by atoms with van der Waals surface area (Å²) in [5, 5.41) is 5.81. The van der Waals surface area contributed by atoms with Crippen LogP contribution in [0.5, 0.6) is 0 Å². The second-order valence-electron chi connectivity index (χ2n) is 4.24. The third-order valence-electron chi connectivity index (χ3n) is 2.53. The Bertz CT molecular complexity index is 549. The van der Waals surface area contributed by atoms with Gasteiger partial charge in [-0.1, -0.05) is 6.07 Å². The van der Waals surface area contributed by atoms with Crippen LogP contribution in [0.4, 0.5) is 0 Å². The van der Waals surface area contributed by atoms with E-state index in [0.29, 0.717) is 11.5 Å². The van der Waals surface area contributed by atoms with Gasteiger partial charge in [0.05, 0.1) is 17.2 Å². The molecule has 1 unspecified atom stereocenters. The van der Waals surface area contributed by atoms with Gasteiger partial charge in [0.1, 0.15) is 9.88 Å². The second-order valence-corrected chi connectivity index (χ2v) is 6.19. The maximum Gasteiger partial charge on any atom is 0.263 e. The van der Waals surface area contributed by atoms with Crippen LogP contribution in [-0.4, -0.2) is 30.6 Å². The maximum atomic E-state index is 12.1. The number of aryl methyl sites for hydroxylation is 1. The van der Waals surface area contributed by atoms with Gasteiger partial charge in [0.2, 0.25) is 0 Å². The van der Waals surface area contributed by atoms with Crippen molar-refractivity contribution in [1.29, 1.82) is 0 Å². The lowest BCUT2D eigenvalue weighted by Crippen LogP contribution is -2.35.